The van der Waals surface area contributed by atoms with Crippen LogP contribution in [-0.2, 0) is 27.9 Å². The number of carbonyl (C=O) groups excluding carboxylic acids is 2. The minimum atomic E-state index is -0.551. The molecule has 1 spiro atoms. The third kappa shape index (κ3) is 4.42. The van der Waals surface area contributed by atoms with E-state index in [-0.39, 0.29) is 12.0 Å². The smallest absolute Gasteiger partial charge is 0.410 e. The highest BCUT2D eigenvalue weighted by atomic mass is 35.5. The van der Waals surface area contributed by atoms with E-state index in [4.69, 9.17) is 21.3 Å². The highest BCUT2D eigenvalue weighted by Gasteiger charge is 2.61. The highest BCUT2D eigenvalue weighted by Crippen LogP contribution is 2.59. The molecule has 6 rings (SSSR count). The van der Waals surface area contributed by atoms with Gasteiger partial charge in [0.25, 0.3) is 0 Å². The number of anilines is 3. The zero-order valence-corrected chi connectivity index (χ0v) is 22.3. The Morgan fingerprint density at radius 3 is 2.68 bits per heavy atom. The summed E-state index contributed by atoms with van der Waals surface area (Å²) in [5.41, 5.74) is 2.49. The average Bonchev–Trinajstić information content (AvgIpc) is 3.62. The number of hydrogen-bond acceptors (Lipinski definition) is 7. The van der Waals surface area contributed by atoms with Gasteiger partial charge in [-0.05, 0) is 89.2 Å². The van der Waals surface area contributed by atoms with Crippen molar-refractivity contribution in [2.24, 2.45) is 0 Å². The number of carbonyl (C=O) groups is 2. The molecule has 2 N–H and O–H groups in total. The third-order valence-corrected chi connectivity index (χ3v) is 8.01. The van der Waals surface area contributed by atoms with E-state index in [1.54, 1.807) is 9.80 Å². The fourth-order valence-electron chi connectivity index (χ4n) is 5.58. The summed E-state index contributed by atoms with van der Waals surface area (Å²) in [6.45, 7) is 8.48. The predicted octanol–water partition coefficient (Wildman–Crippen LogP) is 4.30. The standard InChI is InChI=1S/C27H33ClN6O3/c1-26(2,3)37-25(36)33-11-6-16-13-21(20(28)12-17(16)15-33)34-22-19(27(7-8-27)23(34)35)14-30-24(32-22)31-18-4-9-29-10-5-18/h12-14,18,29H,4-11,15H2,1-3H3,(H,30,31,32). The maximum Gasteiger partial charge on any atom is 0.410 e. The average molecular weight is 525 g/mol. The molecule has 9 nitrogen and oxygen atoms in total. The van der Waals surface area contributed by atoms with Crippen LogP contribution >= 0.6 is 11.6 Å². The first-order valence-electron chi connectivity index (χ1n) is 13.1. The second kappa shape index (κ2) is 8.84. The Balaban J connectivity index is 1.30. The molecule has 2 amide bonds. The lowest BCUT2D eigenvalue weighted by atomic mass is 9.98. The van der Waals surface area contributed by atoms with Gasteiger partial charge in [-0.1, -0.05) is 11.6 Å². The van der Waals surface area contributed by atoms with Gasteiger partial charge in [0.1, 0.15) is 11.4 Å². The van der Waals surface area contributed by atoms with Gasteiger partial charge in [0, 0.05) is 30.9 Å². The zero-order valence-electron chi connectivity index (χ0n) is 21.6. The van der Waals surface area contributed by atoms with Crippen LogP contribution in [0.5, 0.6) is 0 Å². The van der Waals surface area contributed by atoms with E-state index in [1.807, 2.05) is 39.1 Å². The molecule has 0 radical (unpaired) electrons. The molecule has 196 valence electrons. The minimum absolute atomic E-state index is 0.0175. The Labute approximate surface area is 221 Å². The van der Waals surface area contributed by atoms with Gasteiger partial charge in [-0.15, -0.1) is 0 Å². The van der Waals surface area contributed by atoms with Crippen LogP contribution < -0.4 is 15.5 Å². The number of rotatable bonds is 3. The van der Waals surface area contributed by atoms with E-state index in [0.717, 1.165) is 55.5 Å². The van der Waals surface area contributed by atoms with E-state index in [1.165, 1.54) is 0 Å². The number of nitrogens with zero attached hydrogens (tertiary/aromatic N) is 4. The van der Waals surface area contributed by atoms with Gasteiger partial charge in [-0.3, -0.25) is 9.69 Å². The van der Waals surface area contributed by atoms with Crippen LogP contribution in [0.15, 0.2) is 18.3 Å². The number of amides is 2. The zero-order chi connectivity index (χ0) is 25.9. The van der Waals surface area contributed by atoms with E-state index in [2.05, 4.69) is 15.6 Å². The van der Waals surface area contributed by atoms with E-state index >= 15 is 0 Å². The SMILES string of the molecule is CC(C)(C)OC(=O)N1CCc2cc(N3C(=O)C4(CC4)c4cnc(NC5CCNCC5)nc43)c(Cl)cc2C1. The number of fused-ring (bicyclic) bond motifs is 3. The summed E-state index contributed by atoms with van der Waals surface area (Å²) in [5.74, 6) is 1.19. The van der Waals surface area contributed by atoms with Gasteiger partial charge in [-0.25, -0.2) is 9.78 Å². The molecular formula is C27H33ClN6O3. The third-order valence-electron chi connectivity index (χ3n) is 7.70. The summed E-state index contributed by atoms with van der Waals surface area (Å²) in [7, 11) is 0. The van der Waals surface area contributed by atoms with Crippen molar-refractivity contribution in [2.75, 3.05) is 29.9 Å². The van der Waals surface area contributed by atoms with Gasteiger partial charge in [0.2, 0.25) is 11.9 Å². The van der Waals surface area contributed by atoms with Crippen LogP contribution in [0.1, 0.15) is 63.1 Å². The molecule has 10 heteroatoms. The Morgan fingerprint density at radius 1 is 1.22 bits per heavy atom. The van der Waals surface area contributed by atoms with Crippen molar-refractivity contribution >= 4 is 41.1 Å². The summed E-state index contributed by atoms with van der Waals surface area (Å²) < 4.78 is 5.55. The summed E-state index contributed by atoms with van der Waals surface area (Å²) >= 11 is 6.82. The van der Waals surface area contributed by atoms with Gasteiger partial charge in [0.15, 0.2) is 0 Å². The molecule has 0 unspecified atom stereocenters. The van der Waals surface area contributed by atoms with Crippen molar-refractivity contribution in [2.45, 2.75) is 76.5 Å². The Hall–Kier alpha value is -2.91. The number of hydrogen-bond donors (Lipinski definition) is 2. The van der Waals surface area contributed by atoms with Gasteiger partial charge in [0.05, 0.1) is 16.1 Å². The first-order valence-corrected chi connectivity index (χ1v) is 13.5. The first-order chi connectivity index (χ1) is 17.6. The van der Waals surface area contributed by atoms with Crippen LogP contribution in [0.4, 0.5) is 22.2 Å². The largest absolute Gasteiger partial charge is 0.444 e. The molecule has 2 fully saturated rings. The predicted molar refractivity (Wildman–Crippen MR) is 141 cm³/mol. The number of ether oxygens (including phenoxy) is 1. The van der Waals surface area contributed by atoms with Crippen molar-refractivity contribution in [1.29, 1.82) is 0 Å². The maximum atomic E-state index is 13.7. The highest BCUT2D eigenvalue weighted by molar-refractivity contribution is 6.34. The van der Waals surface area contributed by atoms with Crippen LogP contribution in [0, 0.1) is 0 Å². The topological polar surface area (TPSA) is 99.7 Å². The summed E-state index contributed by atoms with van der Waals surface area (Å²) in [6.07, 6.45) is 5.75. The molecule has 2 aromatic rings. The number of piperidine rings is 1. The van der Waals surface area contributed by atoms with Crippen molar-refractivity contribution in [1.82, 2.24) is 20.2 Å². The fraction of sp³-hybridized carbons (Fsp3) is 0.556. The number of nitrogens with one attached hydrogen (secondary N) is 2. The molecule has 0 bridgehead atoms. The molecule has 1 saturated carbocycles. The summed E-state index contributed by atoms with van der Waals surface area (Å²) in [4.78, 5) is 39.2. The van der Waals surface area contributed by atoms with Gasteiger partial charge < -0.3 is 20.3 Å². The van der Waals surface area contributed by atoms with E-state index in [9.17, 15) is 9.59 Å². The quantitative estimate of drug-likeness (QED) is 0.617. The van der Waals surface area contributed by atoms with Crippen LogP contribution in [0.3, 0.4) is 0 Å². The Morgan fingerprint density at radius 2 is 1.97 bits per heavy atom. The Kier molecular flexibility index (Phi) is 5.84. The van der Waals surface area contributed by atoms with Crippen LogP contribution in [0.25, 0.3) is 0 Å². The molecule has 1 saturated heterocycles. The van der Waals surface area contributed by atoms with Crippen molar-refractivity contribution < 1.29 is 14.3 Å². The Bertz CT molecular complexity index is 1270. The maximum absolute atomic E-state index is 13.7. The molecule has 1 aromatic heterocycles. The lowest BCUT2D eigenvalue weighted by Gasteiger charge is -2.32. The molecule has 4 aliphatic rings. The minimum Gasteiger partial charge on any atom is -0.444 e. The number of halogens is 1. The number of aromatic nitrogens is 2. The van der Waals surface area contributed by atoms with Gasteiger partial charge in [-0.2, -0.15) is 4.98 Å². The molecule has 1 aliphatic carbocycles. The lowest BCUT2D eigenvalue weighted by Crippen LogP contribution is -2.40. The summed E-state index contributed by atoms with van der Waals surface area (Å²) in [6, 6.07) is 4.18. The van der Waals surface area contributed by atoms with Crippen molar-refractivity contribution in [3.8, 4) is 0 Å². The van der Waals surface area contributed by atoms with Gasteiger partial charge >= 0.3 is 6.09 Å². The van der Waals surface area contributed by atoms with Crippen LogP contribution in [0.2, 0.25) is 5.02 Å². The van der Waals surface area contributed by atoms with E-state index in [0.29, 0.717) is 48.0 Å². The number of benzene rings is 1. The molecule has 0 atom stereocenters. The monoisotopic (exact) mass is 524 g/mol. The van der Waals surface area contributed by atoms with Crippen molar-refractivity contribution in [3.05, 3.63) is 40.0 Å². The molecule has 1 aromatic carbocycles. The fourth-order valence-corrected chi connectivity index (χ4v) is 5.85. The van der Waals surface area contributed by atoms with Crippen LogP contribution in [-0.4, -0.2) is 58.1 Å². The normalized spacial score (nSPS) is 20.6. The molecule has 4 heterocycles. The summed E-state index contributed by atoms with van der Waals surface area (Å²) in [5, 5.41) is 7.29. The van der Waals surface area contributed by atoms with Crippen molar-refractivity contribution in [3.63, 3.8) is 0 Å². The molecule has 37 heavy (non-hydrogen) atoms. The lowest BCUT2D eigenvalue weighted by molar-refractivity contribution is -0.119. The first kappa shape index (κ1) is 24.4. The second-order valence-electron chi connectivity index (χ2n) is 11.5. The molecule has 3 aliphatic heterocycles. The molecular weight excluding hydrogens is 492 g/mol. The second-order valence-corrected chi connectivity index (χ2v) is 12.0. The van der Waals surface area contributed by atoms with E-state index < -0.39 is 11.0 Å².